The molecule has 0 spiro atoms. The maximum atomic E-state index is 12.1. The number of carbonyl (C=O) groups is 1. The molecule has 0 saturated heterocycles. The molecule has 5 heteroatoms. The second kappa shape index (κ2) is 3.73. The second-order valence-electron chi connectivity index (χ2n) is 4.08. The van der Waals surface area contributed by atoms with Crippen molar-refractivity contribution in [3.8, 4) is 0 Å². The molecule has 2 heterocycles. The lowest BCUT2D eigenvalue weighted by atomic mass is 10.1. The summed E-state index contributed by atoms with van der Waals surface area (Å²) in [5.74, 6) is 0.784. The normalized spacial score (nSPS) is 10.9. The van der Waals surface area contributed by atoms with Crippen molar-refractivity contribution in [3.05, 3.63) is 57.9 Å². The Morgan fingerprint density at radius 2 is 1.89 bits per heavy atom. The van der Waals surface area contributed by atoms with E-state index in [0.717, 1.165) is 0 Å². The lowest BCUT2D eigenvalue weighted by molar-refractivity contribution is 0.101. The number of benzene rings is 1. The molecule has 0 fully saturated rings. The van der Waals surface area contributed by atoms with Crippen molar-refractivity contribution in [1.29, 1.82) is 0 Å². The minimum atomic E-state index is -0.288. The summed E-state index contributed by atoms with van der Waals surface area (Å²) in [5, 5.41) is 0. The number of H-pyrrole nitrogens is 2. The summed E-state index contributed by atoms with van der Waals surface area (Å²) in [5.41, 5.74) is 1.47. The van der Waals surface area contributed by atoms with Crippen LogP contribution in [0.15, 0.2) is 39.5 Å². The standard InChI is InChI=1S/C13H10N2O3/c1-7-2-5-11(18-7)12(16)8-3-4-9-10(6-8)15-13(17)14-9/h2-6H,1H3,(H2,14,15,17). The number of hydrogen-bond acceptors (Lipinski definition) is 3. The third-order valence-electron chi connectivity index (χ3n) is 2.74. The number of carbonyl (C=O) groups excluding carboxylic acids is 1. The predicted octanol–water partition coefficient (Wildman–Crippen LogP) is 1.99. The van der Waals surface area contributed by atoms with Crippen molar-refractivity contribution in [1.82, 2.24) is 9.97 Å². The first-order chi connectivity index (χ1) is 8.63. The van der Waals surface area contributed by atoms with Gasteiger partial charge in [0.05, 0.1) is 11.0 Å². The van der Waals surface area contributed by atoms with Crippen LogP contribution in [0.25, 0.3) is 11.0 Å². The number of fused-ring (bicyclic) bond motifs is 1. The molecule has 1 aromatic carbocycles. The highest BCUT2D eigenvalue weighted by Gasteiger charge is 2.13. The number of aromatic nitrogens is 2. The molecular weight excluding hydrogens is 232 g/mol. The van der Waals surface area contributed by atoms with Gasteiger partial charge in [-0.3, -0.25) is 4.79 Å². The molecule has 0 bridgehead atoms. The molecule has 0 aliphatic rings. The Bertz CT molecular complexity index is 792. The molecule has 2 aromatic heterocycles. The van der Waals surface area contributed by atoms with Gasteiger partial charge in [0.15, 0.2) is 5.76 Å². The highest BCUT2D eigenvalue weighted by atomic mass is 16.3. The molecule has 2 N–H and O–H groups in total. The zero-order valence-corrected chi connectivity index (χ0v) is 9.61. The average molecular weight is 242 g/mol. The van der Waals surface area contributed by atoms with E-state index < -0.39 is 0 Å². The fraction of sp³-hybridized carbons (Fsp3) is 0.0769. The van der Waals surface area contributed by atoms with Gasteiger partial charge in [-0.25, -0.2) is 4.79 Å². The van der Waals surface area contributed by atoms with Crippen LogP contribution in [-0.2, 0) is 0 Å². The van der Waals surface area contributed by atoms with E-state index in [0.29, 0.717) is 28.1 Å². The van der Waals surface area contributed by atoms with Crippen molar-refractivity contribution in [2.24, 2.45) is 0 Å². The Kier molecular flexibility index (Phi) is 2.19. The lowest BCUT2D eigenvalue weighted by Gasteiger charge is -1.97. The van der Waals surface area contributed by atoms with Gasteiger partial charge in [-0.1, -0.05) is 0 Å². The topological polar surface area (TPSA) is 78.9 Å². The Hall–Kier alpha value is -2.56. The molecule has 3 rings (SSSR count). The summed E-state index contributed by atoms with van der Waals surface area (Å²) >= 11 is 0. The van der Waals surface area contributed by atoms with Gasteiger partial charge in [-0.05, 0) is 37.3 Å². The fourth-order valence-electron chi connectivity index (χ4n) is 1.87. The third kappa shape index (κ3) is 1.66. The van der Waals surface area contributed by atoms with Crippen LogP contribution in [0.5, 0.6) is 0 Å². The van der Waals surface area contributed by atoms with Gasteiger partial charge in [-0.15, -0.1) is 0 Å². The van der Waals surface area contributed by atoms with Crippen LogP contribution in [0, 0.1) is 6.92 Å². The summed E-state index contributed by atoms with van der Waals surface area (Å²) in [6.07, 6.45) is 0. The Morgan fingerprint density at radius 3 is 2.61 bits per heavy atom. The number of hydrogen-bond donors (Lipinski definition) is 2. The summed E-state index contributed by atoms with van der Waals surface area (Å²) in [6.45, 7) is 1.78. The van der Waals surface area contributed by atoms with E-state index in [1.165, 1.54) is 0 Å². The summed E-state index contributed by atoms with van der Waals surface area (Å²) in [4.78, 5) is 28.5. The van der Waals surface area contributed by atoms with Crippen molar-refractivity contribution in [3.63, 3.8) is 0 Å². The Morgan fingerprint density at radius 1 is 1.11 bits per heavy atom. The van der Waals surface area contributed by atoms with E-state index in [1.807, 2.05) is 0 Å². The first-order valence-electron chi connectivity index (χ1n) is 5.47. The van der Waals surface area contributed by atoms with Crippen LogP contribution in [0.3, 0.4) is 0 Å². The molecule has 90 valence electrons. The third-order valence-corrected chi connectivity index (χ3v) is 2.74. The van der Waals surface area contributed by atoms with Crippen molar-refractivity contribution in [2.45, 2.75) is 6.92 Å². The van der Waals surface area contributed by atoms with E-state index >= 15 is 0 Å². The smallest absolute Gasteiger partial charge is 0.323 e. The molecule has 3 aromatic rings. The molecule has 0 atom stereocenters. The molecular formula is C13H10N2O3. The van der Waals surface area contributed by atoms with Crippen molar-refractivity contribution in [2.75, 3.05) is 0 Å². The Balaban J connectivity index is 2.08. The monoisotopic (exact) mass is 242 g/mol. The van der Waals surface area contributed by atoms with Crippen LogP contribution in [0.1, 0.15) is 21.9 Å². The van der Waals surface area contributed by atoms with Crippen LogP contribution in [0.2, 0.25) is 0 Å². The van der Waals surface area contributed by atoms with E-state index in [2.05, 4.69) is 9.97 Å². The van der Waals surface area contributed by atoms with Crippen molar-refractivity contribution >= 4 is 16.8 Å². The van der Waals surface area contributed by atoms with Gasteiger partial charge in [0.25, 0.3) is 0 Å². The molecule has 0 aliphatic heterocycles. The van der Waals surface area contributed by atoms with Gasteiger partial charge < -0.3 is 14.4 Å². The summed E-state index contributed by atoms with van der Waals surface area (Å²) < 4.78 is 5.29. The van der Waals surface area contributed by atoms with Gasteiger partial charge in [-0.2, -0.15) is 0 Å². The van der Waals surface area contributed by atoms with E-state index in [4.69, 9.17) is 4.42 Å². The van der Waals surface area contributed by atoms with Gasteiger partial charge >= 0.3 is 5.69 Å². The molecule has 0 unspecified atom stereocenters. The molecule has 5 nitrogen and oxygen atoms in total. The molecule has 0 amide bonds. The quantitative estimate of drug-likeness (QED) is 0.674. The zero-order valence-electron chi connectivity index (χ0n) is 9.61. The Labute approximate surface area is 101 Å². The predicted molar refractivity (Wildman–Crippen MR) is 65.8 cm³/mol. The van der Waals surface area contributed by atoms with Crippen LogP contribution >= 0.6 is 0 Å². The minimum Gasteiger partial charge on any atom is -0.458 e. The number of furan rings is 1. The molecule has 0 saturated carbocycles. The van der Waals surface area contributed by atoms with Gasteiger partial charge in [0, 0.05) is 5.56 Å². The molecule has 18 heavy (non-hydrogen) atoms. The van der Waals surface area contributed by atoms with E-state index in [1.54, 1.807) is 37.3 Å². The second-order valence-corrected chi connectivity index (χ2v) is 4.08. The number of nitrogens with one attached hydrogen (secondary N) is 2. The lowest BCUT2D eigenvalue weighted by Crippen LogP contribution is -2.00. The summed E-state index contributed by atoms with van der Waals surface area (Å²) in [7, 11) is 0. The highest BCUT2D eigenvalue weighted by Crippen LogP contribution is 2.16. The maximum Gasteiger partial charge on any atom is 0.323 e. The van der Waals surface area contributed by atoms with Gasteiger partial charge in [0.1, 0.15) is 5.76 Å². The maximum absolute atomic E-state index is 12.1. The fourth-order valence-corrected chi connectivity index (χ4v) is 1.87. The zero-order chi connectivity index (χ0) is 12.7. The van der Waals surface area contributed by atoms with E-state index in [9.17, 15) is 9.59 Å². The van der Waals surface area contributed by atoms with Crippen LogP contribution in [0.4, 0.5) is 0 Å². The first-order valence-corrected chi connectivity index (χ1v) is 5.47. The summed E-state index contributed by atoms with van der Waals surface area (Å²) in [6, 6.07) is 8.36. The van der Waals surface area contributed by atoms with Gasteiger partial charge in [0.2, 0.25) is 5.78 Å². The largest absolute Gasteiger partial charge is 0.458 e. The van der Waals surface area contributed by atoms with Crippen LogP contribution < -0.4 is 5.69 Å². The van der Waals surface area contributed by atoms with E-state index in [-0.39, 0.29) is 11.5 Å². The molecule has 0 radical (unpaired) electrons. The SMILES string of the molecule is Cc1ccc(C(=O)c2ccc3[nH]c(=O)[nH]c3c2)o1. The number of aryl methyl sites for hydroxylation is 1. The average Bonchev–Trinajstić information content (AvgIpc) is 2.92. The number of aromatic amines is 2. The van der Waals surface area contributed by atoms with Crippen LogP contribution in [-0.4, -0.2) is 15.8 Å². The highest BCUT2D eigenvalue weighted by molar-refractivity contribution is 6.08. The first kappa shape index (κ1) is 10.6. The number of ketones is 1. The minimum absolute atomic E-state index is 0.202. The van der Waals surface area contributed by atoms with Crippen molar-refractivity contribution < 1.29 is 9.21 Å². The number of imidazole rings is 1. The number of rotatable bonds is 2. The molecule has 0 aliphatic carbocycles.